The molecule has 2 heterocycles. The second kappa shape index (κ2) is 9.43. The van der Waals surface area contributed by atoms with Gasteiger partial charge in [-0.25, -0.2) is 0 Å². The van der Waals surface area contributed by atoms with Crippen molar-refractivity contribution in [2.24, 2.45) is 45.8 Å². The van der Waals surface area contributed by atoms with Crippen LogP contribution in [0.15, 0.2) is 18.3 Å². The van der Waals surface area contributed by atoms with E-state index >= 15 is 0 Å². The van der Waals surface area contributed by atoms with Gasteiger partial charge in [0.05, 0.1) is 6.20 Å². The SMILES string of the molecule is C=C(C)[C@@H]1CC[C@]2(NCC[C@H]3CCCN3C)CC[C@]3(C)[C@H](CC[C@@H]4[C@@]5(C)Cc6cn[nH]c6C(C)(C)[C@@H]5CC[C@]43C)[C@@H]12. The Balaban J connectivity index is 1.20. The molecule has 4 saturated carbocycles. The zero-order chi connectivity index (χ0) is 29.0. The van der Waals surface area contributed by atoms with Crippen molar-refractivity contribution in [3.8, 4) is 0 Å². The summed E-state index contributed by atoms with van der Waals surface area (Å²) in [7, 11) is 2.34. The Bertz CT molecular complexity index is 1180. The van der Waals surface area contributed by atoms with E-state index in [4.69, 9.17) is 0 Å². The summed E-state index contributed by atoms with van der Waals surface area (Å²) in [5.41, 5.74) is 6.05. The molecule has 4 heteroatoms. The van der Waals surface area contributed by atoms with Crippen LogP contribution in [-0.4, -0.2) is 46.8 Å². The van der Waals surface area contributed by atoms with Crippen LogP contribution in [0.1, 0.15) is 123 Å². The maximum atomic E-state index is 4.63. The Hall–Kier alpha value is -1.13. The molecule has 1 saturated heterocycles. The molecule has 0 amide bonds. The maximum Gasteiger partial charge on any atom is 0.0522 e. The van der Waals surface area contributed by atoms with Crippen molar-refractivity contribution in [3.05, 3.63) is 29.6 Å². The first-order chi connectivity index (χ1) is 19.4. The van der Waals surface area contributed by atoms with Gasteiger partial charge in [0.1, 0.15) is 0 Å². The van der Waals surface area contributed by atoms with E-state index in [1.165, 1.54) is 107 Å². The Morgan fingerprint density at radius 3 is 2.54 bits per heavy atom. The number of H-pyrrole nitrogens is 1. The van der Waals surface area contributed by atoms with Gasteiger partial charge in [-0.2, -0.15) is 5.10 Å². The highest BCUT2D eigenvalue weighted by Crippen LogP contribution is 2.76. The molecule has 0 spiro atoms. The number of nitrogens with zero attached hydrogens (tertiary/aromatic N) is 2. The first-order valence-corrected chi connectivity index (χ1v) is 17.5. The Morgan fingerprint density at radius 1 is 1.00 bits per heavy atom. The third kappa shape index (κ3) is 3.80. The summed E-state index contributed by atoms with van der Waals surface area (Å²) in [6.07, 6.45) is 18.5. The van der Waals surface area contributed by atoms with Gasteiger partial charge in [0, 0.05) is 22.7 Å². The molecule has 7 rings (SSSR count). The fourth-order valence-corrected chi connectivity index (χ4v) is 13.7. The van der Waals surface area contributed by atoms with Crippen molar-refractivity contribution in [2.45, 2.75) is 136 Å². The van der Waals surface area contributed by atoms with Crippen LogP contribution in [0.25, 0.3) is 0 Å². The van der Waals surface area contributed by atoms with Gasteiger partial charge in [-0.1, -0.05) is 46.8 Å². The number of hydrogen-bond donors (Lipinski definition) is 2. The molecular formula is C37H60N4. The third-order valence-electron chi connectivity index (χ3n) is 15.8. The lowest BCUT2D eigenvalue weighted by Gasteiger charge is -2.72. The Labute approximate surface area is 251 Å². The molecule has 1 aliphatic heterocycles. The summed E-state index contributed by atoms with van der Waals surface area (Å²) in [6, 6.07) is 0.783. The molecule has 6 aliphatic rings. The molecule has 0 aromatic carbocycles. The van der Waals surface area contributed by atoms with Gasteiger partial charge in [0.15, 0.2) is 0 Å². The number of fused-ring (bicyclic) bond motifs is 8. The molecule has 1 aromatic heterocycles. The highest BCUT2D eigenvalue weighted by Gasteiger charge is 2.70. The summed E-state index contributed by atoms with van der Waals surface area (Å²) in [6.45, 7) is 22.8. The van der Waals surface area contributed by atoms with Crippen molar-refractivity contribution >= 4 is 0 Å². The summed E-state index contributed by atoms with van der Waals surface area (Å²) in [5.74, 6) is 3.78. The summed E-state index contributed by atoms with van der Waals surface area (Å²) in [5, 5.41) is 12.4. The van der Waals surface area contributed by atoms with E-state index in [0.717, 1.165) is 29.7 Å². The van der Waals surface area contributed by atoms with E-state index in [1.807, 2.05) is 0 Å². The number of hydrogen-bond acceptors (Lipinski definition) is 3. The summed E-state index contributed by atoms with van der Waals surface area (Å²) < 4.78 is 0. The number of aromatic nitrogens is 2. The second-order valence-electron chi connectivity index (χ2n) is 17.5. The van der Waals surface area contributed by atoms with Gasteiger partial charge >= 0.3 is 0 Å². The quantitative estimate of drug-likeness (QED) is 0.360. The fraction of sp³-hybridized carbons (Fsp3) is 0.865. The molecule has 228 valence electrons. The molecular weight excluding hydrogens is 500 g/mol. The number of nitrogens with one attached hydrogen (secondary N) is 2. The van der Waals surface area contributed by atoms with E-state index in [-0.39, 0.29) is 5.41 Å². The zero-order valence-corrected chi connectivity index (χ0v) is 27.5. The number of rotatable bonds is 5. The highest BCUT2D eigenvalue weighted by molar-refractivity contribution is 5.34. The molecule has 10 atom stereocenters. The van der Waals surface area contributed by atoms with Gasteiger partial charge < -0.3 is 10.2 Å². The van der Waals surface area contributed by atoms with E-state index in [1.54, 1.807) is 0 Å². The van der Waals surface area contributed by atoms with Crippen molar-refractivity contribution in [1.82, 2.24) is 20.4 Å². The van der Waals surface area contributed by atoms with E-state index in [0.29, 0.717) is 27.7 Å². The highest BCUT2D eigenvalue weighted by atomic mass is 15.2. The molecule has 41 heavy (non-hydrogen) atoms. The molecule has 5 fully saturated rings. The number of allylic oxidation sites excluding steroid dienone is 1. The van der Waals surface area contributed by atoms with Crippen LogP contribution in [-0.2, 0) is 11.8 Å². The van der Waals surface area contributed by atoms with Crippen LogP contribution >= 0.6 is 0 Å². The first kappa shape index (κ1) is 28.6. The predicted octanol–water partition coefficient (Wildman–Crippen LogP) is 7.91. The Morgan fingerprint density at radius 2 is 1.80 bits per heavy atom. The lowest BCUT2D eigenvalue weighted by atomic mass is 9.33. The fourth-order valence-electron chi connectivity index (χ4n) is 13.7. The van der Waals surface area contributed by atoms with Gasteiger partial charge in [0.25, 0.3) is 0 Å². The van der Waals surface area contributed by atoms with Crippen molar-refractivity contribution in [2.75, 3.05) is 20.1 Å². The predicted molar refractivity (Wildman–Crippen MR) is 170 cm³/mol. The lowest BCUT2D eigenvalue weighted by Crippen LogP contribution is -2.68. The smallest absolute Gasteiger partial charge is 0.0522 e. The standard InChI is InChI=1S/C37H60N4/c1-24(2)27-13-17-37(38-20-15-26-10-9-21-41(26)8)19-18-35(6)28(31(27)37)11-12-30-34(5)22-25-23-39-40-32(25)33(3,4)29(34)14-16-36(30,35)7/h23,26-31,38H,1,9-22H2,2-8H3,(H,39,40)/t26-,27+,28-,29+,30-,31-,34+,35-,36-,37+/m1/s1. The van der Waals surface area contributed by atoms with Gasteiger partial charge in [0.2, 0.25) is 0 Å². The first-order valence-electron chi connectivity index (χ1n) is 17.5. The number of aromatic amines is 1. The molecule has 1 aromatic rings. The monoisotopic (exact) mass is 560 g/mol. The average molecular weight is 561 g/mol. The van der Waals surface area contributed by atoms with Crippen molar-refractivity contribution in [3.63, 3.8) is 0 Å². The third-order valence-corrected chi connectivity index (χ3v) is 15.8. The normalized spacial score (nSPS) is 48.6. The van der Waals surface area contributed by atoms with Crippen LogP contribution in [0.2, 0.25) is 0 Å². The minimum Gasteiger partial charge on any atom is -0.311 e. The largest absolute Gasteiger partial charge is 0.311 e. The Kier molecular flexibility index (Phi) is 6.59. The summed E-state index contributed by atoms with van der Waals surface area (Å²) in [4.78, 5) is 2.61. The number of likely N-dealkylation sites (tertiary alicyclic amines) is 1. The lowest BCUT2D eigenvalue weighted by molar-refractivity contribution is -0.219. The van der Waals surface area contributed by atoms with Gasteiger partial charge in [-0.3, -0.25) is 5.10 Å². The van der Waals surface area contributed by atoms with E-state index in [9.17, 15) is 0 Å². The minimum atomic E-state index is 0.174. The van der Waals surface area contributed by atoms with Crippen LogP contribution in [0, 0.1) is 45.8 Å². The molecule has 2 N–H and O–H groups in total. The average Bonchev–Trinajstić information content (AvgIpc) is 3.64. The van der Waals surface area contributed by atoms with Crippen molar-refractivity contribution in [1.29, 1.82) is 0 Å². The molecule has 0 unspecified atom stereocenters. The minimum absolute atomic E-state index is 0.174. The van der Waals surface area contributed by atoms with Crippen LogP contribution in [0.3, 0.4) is 0 Å². The van der Waals surface area contributed by atoms with Crippen LogP contribution < -0.4 is 5.32 Å². The molecule has 0 radical (unpaired) electrons. The van der Waals surface area contributed by atoms with Crippen molar-refractivity contribution < 1.29 is 0 Å². The van der Waals surface area contributed by atoms with E-state index < -0.39 is 0 Å². The topological polar surface area (TPSA) is 44.0 Å². The molecule has 5 aliphatic carbocycles. The second-order valence-corrected chi connectivity index (χ2v) is 17.5. The van der Waals surface area contributed by atoms with Crippen LogP contribution in [0.5, 0.6) is 0 Å². The molecule has 4 nitrogen and oxygen atoms in total. The maximum absolute atomic E-state index is 4.63. The molecule has 0 bridgehead atoms. The van der Waals surface area contributed by atoms with Crippen LogP contribution in [0.4, 0.5) is 0 Å². The van der Waals surface area contributed by atoms with Gasteiger partial charge in [-0.15, -0.1) is 0 Å². The zero-order valence-electron chi connectivity index (χ0n) is 27.5. The van der Waals surface area contributed by atoms with Gasteiger partial charge in [-0.05, 0) is 156 Å². The summed E-state index contributed by atoms with van der Waals surface area (Å²) >= 11 is 0. The van der Waals surface area contributed by atoms with E-state index in [2.05, 4.69) is 81.8 Å².